The molecular formula is C9H14O4. The molecule has 2 atom stereocenters. The molecule has 13 heavy (non-hydrogen) atoms. The van der Waals surface area contributed by atoms with Crippen LogP contribution in [0.25, 0.3) is 0 Å². The number of hydrogen-bond acceptors (Lipinski definition) is 4. The van der Waals surface area contributed by atoms with Gasteiger partial charge >= 0.3 is 5.97 Å². The van der Waals surface area contributed by atoms with Crippen molar-refractivity contribution in [1.29, 1.82) is 0 Å². The van der Waals surface area contributed by atoms with Crippen molar-refractivity contribution in [2.75, 3.05) is 13.9 Å². The van der Waals surface area contributed by atoms with Crippen molar-refractivity contribution < 1.29 is 19.1 Å². The molecule has 0 spiro atoms. The molecule has 1 aliphatic carbocycles. The third-order valence-electron chi connectivity index (χ3n) is 2.63. The highest BCUT2D eigenvalue weighted by Crippen LogP contribution is 2.57. The van der Waals surface area contributed by atoms with E-state index in [1.165, 1.54) is 7.11 Å². The van der Waals surface area contributed by atoms with Crippen molar-refractivity contribution in [3.05, 3.63) is 0 Å². The smallest absolute Gasteiger partial charge is 0.312 e. The van der Waals surface area contributed by atoms with Crippen LogP contribution in [0.1, 0.15) is 13.8 Å². The third kappa shape index (κ3) is 1.72. The molecular weight excluding hydrogens is 172 g/mol. The van der Waals surface area contributed by atoms with Gasteiger partial charge in [0.1, 0.15) is 6.29 Å². The summed E-state index contributed by atoms with van der Waals surface area (Å²) in [5.74, 6) is -0.832. The van der Waals surface area contributed by atoms with E-state index in [4.69, 9.17) is 4.74 Å². The van der Waals surface area contributed by atoms with E-state index in [2.05, 4.69) is 4.74 Å². The van der Waals surface area contributed by atoms with Gasteiger partial charge in [0.25, 0.3) is 0 Å². The number of ether oxygens (including phenoxy) is 2. The highest BCUT2D eigenvalue weighted by molar-refractivity contribution is 5.84. The molecule has 0 N–H and O–H groups in total. The Kier molecular flexibility index (Phi) is 2.71. The second-order valence-corrected chi connectivity index (χ2v) is 3.83. The van der Waals surface area contributed by atoms with Crippen LogP contribution in [0.15, 0.2) is 0 Å². The largest absolute Gasteiger partial charge is 0.438 e. The van der Waals surface area contributed by atoms with E-state index in [0.717, 1.165) is 6.29 Å². The first-order valence-electron chi connectivity index (χ1n) is 4.16. The summed E-state index contributed by atoms with van der Waals surface area (Å²) in [7, 11) is 1.45. The van der Waals surface area contributed by atoms with Crippen LogP contribution in [-0.2, 0) is 19.1 Å². The van der Waals surface area contributed by atoms with Gasteiger partial charge < -0.3 is 14.3 Å². The Bertz CT molecular complexity index is 222. The predicted octanol–water partition coefficient (Wildman–Crippen LogP) is 0.605. The summed E-state index contributed by atoms with van der Waals surface area (Å²) in [5, 5.41) is 0. The van der Waals surface area contributed by atoms with E-state index in [1.807, 2.05) is 13.8 Å². The molecule has 1 aliphatic rings. The van der Waals surface area contributed by atoms with Gasteiger partial charge in [-0.05, 0) is 5.41 Å². The fourth-order valence-corrected chi connectivity index (χ4v) is 1.59. The van der Waals surface area contributed by atoms with E-state index in [9.17, 15) is 9.59 Å². The zero-order valence-electron chi connectivity index (χ0n) is 8.07. The van der Waals surface area contributed by atoms with Crippen LogP contribution < -0.4 is 0 Å². The quantitative estimate of drug-likeness (QED) is 0.366. The first-order valence-corrected chi connectivity index (χ1v) is 4.16. The maximum absolute atomic E-state index is 11.3. The molecule has 0 amide bonds. The Morgan fingerprint density at radius 3 is 2.54 bits per heavy atom. The number of esters is 1. The second-order valence-electron chi connectivity index (χ2n) is 3.83. The zero-order valence-corrected chi connectivity index (χ0v) is 8.07. The van der Waals surface area contributed by atoms with Crippen molar-refractivity contribution in [3.8, 4) is 0 Å². The summed E-state index contributed by atoms with van der Waals surface area (Å²) in [6.45, 7) is 3.71. The number of rotatable bonds is 4. The fraction of sp³-hybridized carbons (Fsp3) is 0.778. The Hall–Kier alpha value is -0.900. The van der Waals surface area contributed by atoms with Gasteiger partial charge in [-0.1, -0.05) is 13.8 Å². The minimum atomic E-state index is -0.344. The summed E-state index contributed by atoms with van der Waals surface area (Å²) in [6.07, 6.45) is 0.818. The van der Waals surface area contributed by atoms with Crippen LogP contribution >= 0.6 is 0 Å². The predicted molar refractivity (Wildman–Crippen MR) is 44.8 cm³/mol. The lowest BCUT2D eigenvalue weighted by molar-refractivity contribution is -0.157. The lowest BCUT2D eigenvalue weighted by atomic mass is 10.1. The van der Waals surface area contributed by atoms with Crippen LogP contribution in [-0.4, -0.2) is 26.2 Å². The minimum Gasteiger partial charge on any atom is -0.438 e. The molecule has 0 unspecified atom stereocenters. The molecule has 0 aliphatic heterocycles. The van der Waals surface area contributed by atoms with Crippen molar-refractivity contribution in [2.45, 2.75) is 13.8 Å². The van der Waals surface area contributed by atoms with Crippen LogP contribution in [0.5, 0.6) is 0 Å². The maximum Gasteiger partial charge on any atom is 0.312 e. The molecule has 0 bridgehead atoms. The lowest BCUT2D eigenvalue weighted by Crippen LogP contribution is -2.12. The lowest BCUT2D eigenvalue weighted by Gasteiger charge is -2.03. The number of carbonyl (C=O) groups is 2. The highest BCUT2D eigenvalue weighted by Gasteiger charge is 2.62. The van der Waals surface area contributed by atoms with Gasteiger partial charge in [-0.25, -0.2) is 0 Å². The number of methoxy groups -OCH3 is 1. The molecule has 0 heterocycles. The van der Waals surface area contributed by atoms with Gasteiger partial charge in [0.2, 0.25) is 0 Å². The maximum atomic E-state index is 11.3. The van der Waals surface area contributed by atoms with Gasteiger partial charge in [0.15, 0.2) is 6.79 Å². The average molecular weight is 186 g/mol. The standard InChI is InChI=1S/C9H14O4/c1-9(2)6(4-10)7(9)8(11)13-5-12-3/h4,6-7H,5H2,1-3H3/t6-,7+/m1/s1. The summed E-state index contributed by atoms with van der Waals surface area (Å²) >= 11 is 0. The van der Waals surface area contributed by atoms with Crippen molar-refractivity contribution in [1.82, 2.24) is 0 Å². The summed E-state index contributed by atoms with van der Waals surface area (Å²) in [4.78, 5) is 21.8. The molecule has 0 saturated heterocycles. The van der Waals surface area contributed by atoms with Crippen LogP contribution in [0, 0.1) is 17.3 Å². The van der Waals surface area contributed by atoms with Crippen molar-refractivity contribution in [3.63, 3.8) is 0 Å². The Morgan fingerprint density at radius 1 is 1.54 bits per heavy atom. The van der Waals surface area contributed by atoms with Crippen LogP contribution in [0.4, 0.5) is 0 Å². The summed E-state index contributed by atoms with van der Waals surface area (Å²) in [6, 6.07) is 0. The molecule has 0 aromatic heterocycles. The minimum absolute atomic E-state index is 0.0447. The van der Waals surface area contributed by atoms with E-state index in [1.54, 1.807) is 0 Å². The summed E-state index contributed by atoms with van der Waals surface area (Å²) < 4.78 is 9.36. The van der Waals surface area contributed by atoms with Gasteiger partial charge in [-0.2, -0.15) is 0 Å². The molecule has 1 fully saturated rings. The van der Waals surface area contributed by atoms with Gasteiger partial charge in [0, 0.05) is 13.0 Å². The molecule has 4 heteroatoms. The average Bonchev–Trinajstić information content (AvgIpc) is 2.63. The van der Waals surface area contributed by atoms with Crippen molar-refractivity contribution >= 4 is 12.3 Å². The monoisotopic (exact) mass is 186 g/mol. The molecule has 4 nitrogen and oxygen atoms in total. The Morgan fingerprint density at radius 2 is 2.15 bits per heavy atom. The molecule has 0 aromatic rings. The van der Waals surface area contributed by atoms with Gasteiger partial charge in [-0.3, -0.25) is 4.79 Å². The molecule has 0 aromatic carbocycles. The number of aldehydes is 1. The van der Waals surface area contributed by atoms with E-state index in [-0.39, 0.29) is 30.0 Å². The fourth-order valence-electron chi connectivity index (χ4n) is 1.59. The Balaban J connectivity index is 2.46. The molecule has 0 radical (unpaired) electrons. The number of carbonyl (C=O) groups excluding carboxylic acids is 2. The number of hydrogen-bond donors (Lipinski definition) is 0. The van der Waals surface area contributed by atoms with Crippen molar-refractivity contribution in [2.24, 2.45) is 17.3 Å². The van der Waals surface area contributed by atoms with E-state index in [0.29, 0.717) is 0 Å². The van der Waals surface area contributed by atoms with E-state index >= 15 is 0 Å². The van der Waals surface area contributed by atoms with Gasteiger partial charge in [0.05, 0.1) is 5.92 Å². The Labute approximate surface area is 77.2 Å². The SMILES string of the molecule is COCOC(=O)[C@@H]1[C@@H](C=O)C1(C)C. The summed E-state index contributed by atoms with van der Waals surface area (Å²) in [5.41, 5.74) is -0.243. The van der Waals surface area contributed by atoms with Gasteiger partial charge in [-0.15, -0.1) is 0 Å². The van der Waals surface area contributed by atoms with E-state index < -0.39 is 0 Å². The molecule has 74 valence electrons. The van der Waals surface area contributed by atoms with Crippen LogP contribution in [0.3, 0.4) is 0 Å². The highest BCUT2D eigenvalue weighted by atomic mass is 16.7. The normalized spacial score (nSPS) is 29.5. The van der Waals surface area contributed by atoms with Crippen LogP contribution in [0.2, 0.25) is 0 Å². The first kappa shape index (κ1) is 10.2. The third-order valence-corrected chi connectivity index (χ3v) is 2.63. The topological polar surface area (TPSA) is 52.6 Å². The molecule has 1 rings (SSSR count). The first-order chi connectivity index (χ1) is 6.05. The molecule has 1 saturated carbocycles. The second kappa shape index (κ2) is 3.46. The zero-order chi connectivity index (χ0) is 10.1.